The quantitative estimate of drug-likeness (QED) is 0.656. The number of benzene rings is 2. The van der Waals surface area contributed by atoms with Crippen LogP contribution in [0.4, 0.5) is 0 Å². The molecule has 0 aliphatic heterocycles. The predicted octanol–water partition coefficient (Wildman–Crippen LogP) is 3.23. The fourth-order valence-electron chi connectivity index (χ4n) is 1.84. The molecule has 0 atom stereocenters. The highest BCUT2D eigenvalue weighted by molar-refractivity contribution is 9.10. The van der Waals surface area contributed by atoms with E-state index >= 15 is 0 Å². The molecule has 0 unspecified atom stereocenters. The number of carbonyl (C=O) groups is 1. The Bertz CT molecular complexity index is 684. The van der Waals surface area contributed by atoms with Crippen LogP contribution >= 0.6 is 15.9 Å². The third kappa shape index (κ3) is 3.85. The second-order valence-corrected chi connectivity index (χ2v) is 5.20. The van der Waals surface area contributed by atoms with Crippen molar-refractivity contribution in [2.75, 3.05) is 14.2 Å². The Morgan fingerprint density at radius 1 is 1.14 bits per heavy atom. The van der Waals surface area contributed by atoms with Gasteiger partial charge < -0.3 is 9.47 Å². The summed E-state index contributed by atoms with van der Waals surface area (Å²) in [7, 11) is 3.11. The standard InChI is InChI=1S/C16H15BrN2O3/c1-21-14-5-3-4-12(15(14)22-2)10-18-19-16(20)11-6-8-13(17)9-7-11/h3-10H,1-2H3,(H,19,20). The van der Waals surface area contributed by atoms with Gasteiger partial charge in [-0.25, -0.2) is 5.43 Å². The molecule has 0 aliphatic carbocycles. The van der Waals surface area contributed by atoms with Crippen molar-refractivity contribution in [2.24, 2.45) is 5.10 Å². The fraction of sp³-hybridized carbons (Fsp3) is 0.125. The van der Waals surface area contributed by atoms with E-state index < -0.39 is 0 Å². The SMILES string of the molecule is COc1cccc(C=NNC(=O)c2ccc(Br)cc2)c1OC. The number of ether oxygens (including phenoxy) is 2. The Morgan fingerprint density at radius 2 is 1.86 bits per heavy atom. The minimum Gasteiger partial charge on any atom is -0.493 e. The van der Waals surface area contributed by atoms with Crippen LogP contribution in [0.1, 0.15) is 15.9 Å². The van der Waals surface area contributed by atoms with Crippen LogP contribution in [-0.4, -0.2) is 26.3 Å². The Morgan fingerprint density at radius 3 is 2.50 bits per heavy atom. The molecule has 22 heavy (non-hydrogen) atoms. The molecule has 5 nitrogen and oxygen atoms in total. The molecule has 0 fully saturated rings. The average molecular weight is 363 g/mol. The predicted molar refractivity (Wildman–Crippen MR) is 88.7 cm³/mol. The zero-order valence-corrected chi connectivity index (χ0v) is 13.8. The summed E-state index contributed by atoms with van der Waals surface area (Å²) in [6, 6.07) is 12.4. The average Bonchev–Trinajstić information content (AvgIpc) is 2.55. The summed E-state index contributed by atoms with van der Waals surface area (Å²) < 4.78 is 11.4. The fourth-order valence-corrected chi connectivity index (χ4v) is 2.10. The van der Waals surface area contributed by atoms with Crippen molar-refractivity contribution in [1.29, 1.82) is 0 Å². The highest BCUT2D eigenvalue weighted by Crippen LogP contribution is 2.29. The molecule has 0 heterocycles. The van der Waals surface area contributed by atoms with Crippen LogP contribution in [0.5, 0.6) is 11.5 Å². The van der Waals surface area contributed by atoms with E-state index in [0.29, 0.717) is 22.6 Å². The number of hydrogen-bond donors (Lipinski definition) is 1. The second kappa shape index (κ2) is 7.61. The summed E-state index contributed by atoms with van der Waals surface area (Å²) >= 11 is 3.32. The topological polar surface area (TPSA) is 59.9 Å². The molecule has 0 bridgehead atoms. The third-order valence-electron chi connectivity index (χ3n) is 2.91. The summed E-state index contributed by atoms with van der Waals surface area (Å²) in [5.74, 6) is 0.878. The third-order valence-corrected chi connectivity index (χ3v) is 3.44. The Kier molecular flexibility index (Phi) is 5.55. The number of carbonyl (C=O) groups excluding carboxylic acids is 1. The second-order valence-electron chi connectivity index (χ2n) is 4.29. The number of hydrogen-bond acceptors (Lipinski definition) is 4. The first-order valence-electron chi connectivity index (χ1n) is 6.45. The maximum absolute atomic E-state index is 11.9. The minimum atomic E-state index is -0.286. The molecule has 0 spiro atoms. The molecule has 0 saturated carbocycles. The number of amides is 1. The van der Waals surface area contributed by atoms with Gasteiger partial charge in [0.1, 0.15) is 0 Å². The van der Waals surface area contributed by atoms with Gasteiger partial charge in [0.15, 0.2) is 11.5 Å². The molecule has 2 rings (SSSR count). The summed E-state index contributed by atoms with van der Waals surface area (Å²) in [5.41, 5.74) is 3.71. The van der Waals surface area contributed by atoms with Gasteiger partial charge in [0.05, 0.1) is 20.4 Å². The van der Waals surface area contributed by atoms with Gasteiger partial charge in [-0.2, -0.15) is 5.10 Å². The number of methoxy groups -OCH3 is 2. The van der Waals surface area contributed by atoms with Crippen molar-refractivity contribution < 1.29 is 14.3 Å². The zero-order chi connectivity index (χ0) is 15.9. The zero-order valence-electron chi connectivity index (χ0n) is 12.2. The van der Waals surface area contributed by atoms with Crippen LogP contribution in [0.15, 0.2) is 52.0 Å². The number of nitrogens with one attached hydrogen (secondary N) is 1. The van der Waals surface area contributed by atoms with Gasteiger partial charge in [-0.1, -0.05) is 22.0 Å². The van der Waals surface area contributed by atoms with Crippen molar-refractivity contribution >= 4 is 28.1 Å². The molecule has 1 N–H and O–H groups in total. The van der Waals surface area contributed by atoms with Crippen LogP contribution in [-0.2, 0) is 0 Å². The molecule has 0 aromatic heterocycles. The van der Waals surface area contributed by atoms with Crippen molar-refractivity contribution in [3.63, 3.8) is 0 Å². The van der Waals surface area contributed by atoms with E-state index in [1.807, 2.05) is 12.1 Å². The van der Waals surface area contributed by atoms with Gasteiger partial charge in [0.2, 0.25) is 0 Å². The number of halogens is 1. The van der Waals surface area contributed by atoms with Gasteiger partial charge in [0.25, 0.3) is 5.91 Å². The number of para-hydroxylation sites is 1. The molecule has 2 aromatic carbocycles. The van der Waals surface area contributed by atoms with E-state index in [9.17, 15) is 4.79 Å². The van der Waals surface area contributed by atoms with Gasteiger partial charge >= 0.3 is 0 Å². The van der Waals surface area contributed by atoms with Crippen molar-refractivity contribution in [1.82, 2.24) is 5.43 Å². The lowest BCUT2D eigenvalue weighted by Gasteiger charge is -2.09. The minimum absolute atomic E-state index is 0.286. The van der Waals surface area contributed by atoms with E-state index in [0.717, 1.165) is 4.47 Å². The largest absolute Gasteiger partial charge is 0.493 e. The first kappa shape index (κ1) is 16.0. The summed E-state index contributed by atoms with van der Waals surface area (Å²) in [5, 5.41) is 3.95. The van der Waals surface area contributed by atoms with E-state index in [1.54, 1.807) is 44.6 Å². The van der Waals surface area contributed by atoms with Crippen LogP contribution in [0.25, 0.3) is 0 Å². The Balaban J connectivity index is 2.09. The van der Waals surface area contributed by atoms with Crippen LogP contribution in [0.2, 0.25) is 0 Å². The highest BCUT2D eigenvalue weighted by Gasteiger charge is 2.08. The normalized spacial score (nSPS) is 10.5. The van der Waals surface area contributed by atoms with Crippen LogP contribution in [0.3, 0.4) is 0 Å². The summed E-state index contributed by atoms with van der Waals surface area (Å²) in [6.45, 7) is 0. The van der Waals surface area contributed by atoms with Crippen LogP contribution < -0.4 is 14.9 Å². The molecule has 0 saturated heterocycles. The van der Waals surface area contributed by atoms with E-state index in [4.69, 9.17) is 9.47 Å². The van der Waals surface area contributed by atoms with E-state index in [-0.39, 0.29) is 5.91 Å². The highest BCUT2D eigenvalue weighted by atomic mass is 79.9. The molecule has 0 aliphatic rings. The number of nitrogens with zero attached hydrogens (tertiary/aromatic N) is 1. The van der Waals surface area contributed by atoms with Crippen molar-refractivity contribution in [3.05, 3.63) is 58.1 Å². The lowest BCUT2D eigenvalue weighted by Crippen LogP contribution is -2.17. The van der Waals surface area contributed by atoms with E-state index in [1.165, 1.54) is 6.21 Å². The molecular weight excluding hydrogens is 348 g/mol. The smallest absolute Gasteiger partial charge is 0.271 e. The monoisotopic (exact) mass is 362 g/mol. The van der Waals surface area contributed by atoms with E-state index in [2.05, 4.69) is 26.5 Å². The Hall–Kier alpha value is -2.34. The number of hydrazone groups is 1. The molecule has 2 aromatic rings. The van der Waals surface area contributed by atoms with Gasteiger partial charge in [-0.3, -0.25) is 4.79 Å². The molecule has 0 radical (unpaired) electrons. The van der Waals surface area contributed by atoms with Gasteiger partial charge in [-0.15, -0.1) is 0 Å². The Labute approximate surface area is 137 Å². The molecule has 114 valence electrons. The van der Waals surface area contributed by atoms with Crippen molar-refractivity contribution in [3.8, 4) is 11.5 Å². The summed E-state index contributed by atoms with van der Waals surface area (Å²) in [6.07, 6.45) is 1.51. The van der Waals surface area contributed by atoms with Gasteiger partial charge in [0, 0.05) is 15.6 Å². The first-order valence-corrected chi connectivity index (χ1v) is 7.25. The molecular formula is C16H15BrN2O3. The maximum atomic E-state index is 11.9. The lowest BCUT2D eigenvalue weighted by atomic mass is 10.2. The summed E-state index contributed by atoms with van der Waals surface area (Å²) in [4.78, 5) is 11.9. The number of rotatable bonds is 5. The first-order chi connectivity index (χ1) is 10.7. The lowest BCUT2D eigenvalue weighted by molar-refractivity contribution is 0.0955. The van der Waals surface area contributed by atoms with Crippen LogP contribution in [0, 0.1) is 0 Å². The maximum Gasteiger partial charge on any atom is 0.271 e. The van der Waals surface area contributed by atoms with Crippen molar-refractivity contribution in [2.45, 2.75) is 0 Å². The molecule has 6 heteroatoms. The van der Waals surface area contributed by atoms with Gasteiger partial charge in [-0.05, 0) is 36.4 Å². The molecule has 1 amide bonds.